The van der Waals surface area contributed by atoms with Gasteiger partial charge in [0.25, 0.3) is 0 Å². The molecular formula is C5H11NO4S2. The van der Waals surface area contributed by atoms with Crippen LogP contribution in [0.4, 0.5) is 4.79 Å². The molecule has 12 heavy (non-hydrogen) atoms. The molecule has 0 radical (unpaired) electrons. The van der Waals surface area contributed by atoms with Crippen molar-refractivity contribution in [1.29, 1.82) is 0 Å². The highest BCUT2D eigenvalue weighted by molar-refractivity contribution is 8.76. The van der Waals surface area contributed by atoms with Gasteiger partial charge in [0.15, 0.2) is 0 Å². The van der Waals surface area contributed by atoms with Gasteiger partial charge in [0, 0.05) is 18.1 Å². The van der Waals surface area contributed by atoms with E-state index in [1.165, 1.54) is 10.8 Å². The highest BCUT2D eigenvalue weighted by atomic mass is 33.1. The summed E-state index contributed by atoms with van der Waals surface area (Å²) in [6.07, 6.45) is -1.24. The van der Waals surface area contributed by atoms with E-state index in [4.69, 9.17) is 10.3 Å². The van der Waals surface area contributed by atoms with Crippen molar-refractivity contribution in [3.63, 3.8) is 0 Å². The van der Waals surface area contributed by atoms with Crippen LogP contribution in [0.1, 0.15) is 0 Å². The number of rotatable bonds is 7. The zero-order chi connectivity index (χ0) is 9.23. The predicted molar refractivity (Wildman–Crippen MR) is 48.7 cm³/mol. The van der Waals surface area contributed by atoms with E-state index in [9.17, 15) is 4.79 Å². The van der Waals surface area contributed by atoms with Gasteiger partial charge in [0.2, 0.25) is 0 Å². The van der Waals surface area contributed by atoms with Crippen LogP contribution in [0.2, 0.25) is 0 Å². The van der Waals surface area contributed by atoms with E-state index in [2.05, 4.69) is 4.74 Å². The molecule has 72 valence electrons. The molecule has 7 heteroatoms. The zero-order valence-electron chi connectivity index (χ0n) is 6.36. The Morgan fingerprint density at radius 2 is 2.08 bits per heavy atom. The number of hydrogen-bond acceptors (Lipinski definition) is 6. The Bertz CT molecular complexity index is 124. The average molecular weight is 213 g/mol. The lowest BCUT2D eigenvalue weighted by Gasteiger charge is -1.99. The summed E-state index contributed by atoms with van der Waals surface area (Å²) in [5, 5.41) is 16.2. The molecule has 0 aliphatic heterocycles. The summed E-state index contributed by atoms with van der Waals surface area (Å²) in [6, 6.07) is 0. The van der Waals surface area contributed by atoms with Crippen LogP contribution < -0.4 is 5.48 Å². The van der Waals surface area contributed by atoms with Gasteiger partial charge in [-0.15, -0.1) is 0 Å². The van der Waals surface area contributed by atoms with Gasteiger partial charge in [-0.05, 0) is 0 Å². The molecule has 0 rings (SSSR count). The predicted octanol–water partition coefficient (Wildman–Crippen LogP) is 1.04. The second-order valence-electron chi connectivity index (χ2n) is 1.67. The lowest BCUT2D eigenvalue weighted by atomic mass is 10.8. The molecule has 0 bridgehead atoms. The minimum Gasteiger partial charge on any atom is -0.450 e. The maximum absolute atomic E-state index is 9.85. The second-order valence-corrected chi connectivity index (χ2v) is 4.37. The van der Waals surface area contributed by atoms with E-state index < -0.39 is 6.16 Å². The van der Waals surface area contributed by atoms with E-state index >= 15 is 0 Å². The minimum absolute atomic E-state index is 0.208. The zero-order valence-corrected chi connectivity index (χ0v) is 7.99. The summed E-state index contributed by atoms with van der Waals surface area (Å²) in [5.41, 5.74) is 2.02. The number of ether oxygens (including phenoxy) is 1. The van der Waals surface area contributed by atoms with Crippen molar-refractivity contribution >= 4 is 27.7 Å². The van der Waals surface area contributed by atoms with Crippen LogP contribution in [-0.4, -0.2) is 41.1 Å². The van der Waals surface area contributed by atoms with E-state index in [1.54, 1.807) is 10.8 Å². The molecule has 0 aliphatic rings. The molecule has 0 aromatic carbocycles. The Labute approximate surface area is 78.2 Å². The van der Waals surface area contributed by atoms with Crippen LogP contribution >= 0.6 is 21.6 Å². The fraction of sp³-hybridized carbons (Fsp3) is 0.800. The Hall–Kier alpha value is -0.110. The molecule has 0 spiro atoms. The van der Waals surface area contributed by atoms with Crippen molar-refractivity contribution in [2.24, 2.45) is 0 Å². The SMILES string of the molecule is O=C(O)OCCSSCCNO. The molecule has 0 aromatic heterocycles. The largest absolute Gasteiger partial charge is 0.505 e. The van der Waals surface area contributed by atoms with Crippen LogP contribution in [0.5, 0.6) is 0 Å². The first-order valence-corrected chi connectivity index (χ1v) is 5.73. The lowest BCUT2D eigenvalue weighted by Crippen LogP contribution is -2.10. The average Bonchev–Trinajstić information content (AvgIpc) is 2.02. The highest BCUT2D eigenvalue weighted by Gasteiger charge is 1.95. The van der Waals surface area contributed by atoms with Gasteiger partial charge in [-0.1, -0.05) is 21.6 Å². The van der Waals surface area contributed by atoms with Crippen molar-refractivity contribution < 1.29 is 19.8 Å². The third kappa shape index (κ3) is 9.89. The van der Waals surface area contributed by atoms with E-state index in [1.807, 2.05) is 5.48 Å². The maximum Gasteiger partial charge on any atom is 0.505 e. The Balaban J connectivity index is 2.86. The molecule has 3 N–H and O–H groups in total. The lowest BCUT2D eigenvalue weighted by molar-refractivity contribution is 0.0975. The Kier molecular flexibility index (Phi) is 8.90. The van der Waals surface area contributed by atoms with Gasteiger partial charge in [-0.3, -0.25) is 0 Å². The first kappa shape index (κ1) is 11.9. The summed E-state index contributed by atoms with van der Waals surface area (Å²) in [6.45, 7) is 0.733. The quantitative estimate of drug-likeness (QED) is 0.252. The van der Waals surface area contributed by atoms with Gasteiger partial charge in [-0.2, -0.15) is 0 Å². The summed E-state index contributed by atoms with van der Waals surface area (Å²) >= 11 is 0. The van der Waals surface area contributed by atoms with Crippen LogP contribution in [0.15, 0.2) is 0 Å². The number of hydroxylamine groups is 1. The fourth-order valence-corrected chi connectivity index (χ4v) is 2.09. The molecule has 0 amide bonds. The normalized spacial score (nSPS) is 9.75. The smallest absolute Gasteiger partial charge is 0.450 e. The van der Waals surface area contributed by atoms with Crippen molar-refractivity contribution in [3.05, 3.63) is 0 Å². The van der Waals surface area contributed by atoms with Gasteiger partial charge in [0.05, 0.1) is 0 Å². The first-order chi connectivity index (χ1) is 5.77. The van der Waals surface area contributed by atoms with Crippen LogP contribution in [0.25, 0.3) is 0 Å². The van der Waals surface area contributed by atoms with Crippen molar-refractivity contribution in [3.8, 4) is 0 Å². The number of carboxylic acid groups (broad SMARTS) is 1. The number of carbonyl (C=O) groups is 1. The first-order valence-electron chi connectivity index (χ1n) is 3.24. The van der Waals surface area contributed by atoms with Crippen LogP contribution in [0.3, 0.4) is 0 Å². The summed E-state index contributed by atoms with van der Waals surface area (Å²) < 4.78 is 4.27. The topological polar surface area (TPSA) is 78.8 Å². The number of hydrogen-bond donors (Lipinski definition) is 3. The molecule has 0 unspecified atom stereocenters. The monoisotopic (exact) mass is 213 g/mol. The van der Waals surface area contributed by atoms with Gasteiger partial charge < -0.3 is 15.1 Å². The Morgan fingerprint density at radius 1 is 1.42 bits per heavy atom. The molecular weight excluding hydrogens is 202 g/mol. The molecule has 0 aromatic rings. The third-order valence-corrected chi connectivity index (χ3v) is 3.14. The van der Waals surface area contributed by atoms with Gasteiger partial charge >= 0.3 is 6.16 Å². The van der Waals surface area contributed by atoms with E-state index in [0.29, 0.717) is 12.3 Å². The molecule has 0 aliphatic carbocycles. The van der Waals surface area contributed by atoms with Gasteiger partial charge in [0.1, 0.15) is 6.61 Å². The molecule has 0 atom stereocenters. The van der Waals surface area contributed by atoms with Crippen LogP contribution in [-0.2, 0) is 4.74 Å². The molecule has 0 fully saturated rings. The summed E-state index contributed by atoms with van der Waals surface area (Å²) in [7, 11) is 3.06. The molecule has 0 heterocycles. The fourth-order valence-electron chi connectivity index (χ4n) is 0.368. The van der Waals surface area contributed by atoms with E-state index in [0.717, 1.165) is 5.75 Å². The van der Waals surface area contributed by atoms with Gasteiger partial charge in [-0.25, -0.2) is 10.3 Å². The molecule has 5 nitrogen and oxygen atoms in total. The Morgan fingerprint density at radius 3 is 2.67 bits per heavy atom. The van der Waals surface area contributed by atoms with Crippen molar-refractivity contribution in [1.82, 2.24) is 5.48 Å². The number of nitrogens with one attached hydrogen (secondary N) is 1. The standard InChI is InChI=1S/C5H11NO4S2/c7-5(8)10-2-4-12-11-3-1-6-9/h6,9H,1-4H2,(H,7,8). The van der Waals surface area contributed by atoms with Crippen LogP contribution in [0, 0.1) is 0 Å². The minimum atomic E-state index is -1.24. The third-order valence-electron chi connectivity index (χ3n) is 0.773. The van der Waals surface area contributed by atoms with Crippen molar-refractivity contribution in [2.75, 3.05) is 24.7 Å². The second kappa shape index (κ2) is 8.98. The highest BCUT2D eigenvalue weighted by Crippen LogP contribution is 2.19. The maximum atomic E-state index is 9.85. The summed E-state index contributed by atoms with van der Waals surface area (Å²) in [5.74, 6) is 1.40. The molecule has 0 saturated carbocycles. The van der Waals surface area contributed by atoms with Crippen molar-refractivity contribution in [2.45, 2.75) is 0 Å². The molecule has 0 saturated heterocycles. The summed E-state index contributed by atoms with van der Waals surface area (Å²) in [4.78, 5) is 9.85. The van der Waals surface area contributed by atoms with E-state index in [-0.39, 0.29) is 6.61 Å².